The maximum absolute atomic E-state index is 4.66. The van der Waals surface area contributed by atoms with Gasteiger partial charge in [0.15, 0.2) is 0 Å². The summed E-state index contributed by atoms with van der Waals surface area (Å²) >= 11 is 3.48. The zero-order valence-corrected chi connectivity index (χ0v) is 12.4. The summed E-state index contributed by atoms with van der Waals surface area (Å²) in [5.41, 5.74) is 0.405. The first kappa shape index (κ1) is 12.8. The molecular weight excluding hydrogens is 278 g/mol. The number of nitrogens with zero attached hydrogens (tertiary/aromatic N) is 3. The molecule has 0 spiro atoms. The Kier molecular flexibility index (Phi) is 3.71. The normalized spacial score (nSPS) is 18.7. The Morgan fingerprint density at radius 2 is 2.18 bits per heavy atom. The van der Waals surface area contributed by atoms with Crippen LogP contribution in [0.2, 0.25) is 0 Å². The van der Waals surface area contributed by atoms with E-state index in [0.717, 1.165) is 42.2 Å². The van der Waals surface area contributed by atoms with Crippen LogP contribution in [0.4, 0.5) is 5.82 Å². The fourth-order valence-corrected chi connectivity index (χ4v) is 2.67. The highest BCUT2D eigenvalue weighted by Crippen LogP contribution is 2.32. The van der Waals surface area contributed by atoms with Gasteiger partial charge in [-0.25, -0.2) is 9.97 Å². The predicted molar refractivity (Wildman–Crippen MR) is 74.3 cm³/mol. The van der Waals surface area contributed by atoms with Gasteiger partial charge < -0.3 is 4.90 Å². The van der Waals surface area contributed by atoms with Crippen molar-refractivity contribution in [2.45, 2.75) is 40.0 Å². The van der Waals surface area contributed by atoms with Crippen molar-refractivity contribution < 1.29 is 0 Å². The molecule has 0 N–H and O–H groups in total. The molecule has 1 fully saturated rings. The molecule has 17 heavy (non-hydrogen) atoms. The molecule has 1 aromatic rings. The number of hydrogen-bond acceptors (Lipinski definition) is 3. The van der Waals surface area contributed by atoms with Crippen LogP contribution in [0, 0.1) is 5.41 Å². The summed E-state index contributed by atoms with van der Waals surface area (Å²) in [5, 5.41) is 0. The van der Waals surface area contributed by atoms with E-state index < -0.39 is 0 Å². The van der Waals surface area contributed by atoms with Gasteiger partial charge in [0.2, 0.25) is 0 Å². The Morgan fingerprint density at radius 1 is 1.41 bits per heavy atom. The fraction of sp³-hybridized carbons (Fsp3) is 0.692. The minimum atomic E-state index is 0.405. The van der Waals surface area contributed by atoms with E-state index in [4.69, 9.17) is 0 Å². The van der Waals surface area contributed by atoms with E-state index in [0.29, 0.717) is 5.41 Å². The third kappa shape index (κ3) is 3.18. The van der Waals surface area contributed by atoms with Crippen molar-refractivity contribution in [3.8, 4) is 0 Å². The zero-order valence-electron chi connectivity index (χ0n) is 10.8. The minimum absolute atomic E-state index is 0.405. The van der Waals surface area contributed by atoms with Crippen LogP contribution in [-0.2, 0) is 6.42 Å². The summed E-state index contributed by atoms with van der Waals surface area (Å²) in [6.07, 6.45) is 3.27. The fourth-order valence-electron chi connectivity index (χ4n) is 2.26. The van der Waals surface area contributed by atoms with Crippen molar-refractivity contribution in [3.63, 3.8) is 0 Å². The molecule has 0 amide bonds. The number of hydrogen-bond donors (Lipinski definition) is 0. The molecule has 4 heteroatoms. The summed E-state index contributed by atoms with van der Waals surface area (Å²) in [6, 6.07) is 2.03. The van der Waals surface area contributed by atoms with Gasteiger partial charge in [0.25, 0.3) is 0 Å². The van der Waals surface area contributed by atoms with Gasteiger partial charge in [0, 0.05) is 25.6 Å². The average Bonchev–Trinajstić information content (AvgIpc) is 2.58. The molecule has 0 aromatic carbocycles. The topological polar surface area (TPSA) is 29.0 Å². The van der Waals surface area contributed by atoms with E-state index in [2.05, 4.69) is 51.6 Å². The third-order valence-electron chi connectivity index (χ3n) is 3.20. The molecule has 0 bridgehead atoms. The van der Waals surface area contributed by atoms with Crippen LogP contribution in [-0.4, -0.2) is 23.1 Å². The molecule has 94 valence electrons. The lowest BCUT2D eigenvalue weighted by Crippen LogP contribution is -2.24. The number of rotatable bonds is 3. The number of aryl methyl sites for hydroxylation is 1. The van der Waals surface area contributed by atoms with Crippen molar-refractivity contribution in [2.75, 3.05) is 18.0 Å². The lowest BCUT2D eigenvalue weighted by molar-refractivity contribution is 0.418. The van der Waals surface area contributed by atoms with Gasteiger partial charge >= 0.3 is 0 Å². The van der Waals surface area contributed by atoms with Gasteiger partial charge in [0.1, 0.15) is 16.2 Å². The van der Waals surface area contributed by atoms with Crippen molar-refractivity contribution in [2.24, 2.45) is 5.41 Å². The molecule has 2 heterocycles. The zero-order chi connectivity index (χ0) is 12.5. The first-order valence-electron chi connectivity index (χ1n) is 6.28. The molecule has 1 aromatic heterocycles. The highest BCUT2D eigenvalue weighted by atomic mass is 79.9. The quantitative estimate of drug-likeness (QED) is 0.801. The number of halogens is 1. The lowest BCUT2D eigenvalue weighted by Gasteiger charge is -2.21. The summed E-state index contributed by atoms with van der Waals surface area (Å²) < 4.78 is 0.899. The Bertz CT molecular complexity index is 404. The van der Waals surface area contributed by atoms with Gasteiger partial charge in [-0.2, -0.15) is 0 Å². The van der Waals surface area contributed by atoms with E-state index in [-0.39, 0.29) is 0 Å². The van der Waals surface area contributed by atoms with Crippen molar-refractivity contribution in [1.82, 2.24) is 9.97 Å². The molecule has 0 radical (unpaired) electrons. The standard InChI is InChI=1S/C13H20BrN3/c1-4-5-11-15-10(14)8-12(16-11)17-7-6-13(2,3)9-17/h8H,4-7,9H2,1-3H3. The second-order valence-corrected chi connectivity index (χ2v) is 6.36. The van der Waals surface area contributed by atoms with Gasteiger partial charge in [-0.1, -0.05) is 20.8 Å². The molecule has 1 aliphatic heterocycles. The van der Waals surface area contributed by atoms with E-state index >= 15 is 0 Å². The van der Waals surface area contributed by atoms with Crippen LogP contribution < -0.4 is 4.90 Å². The maximum atomic E-state index is 4.66. The third-order valence-corrected chi connectivity index (χ3v) is 3.61. The van der Waals surface area contributed by atoms with Crippen LogP contribution >= 0.6 is 15.9 Å². The lowest BCUT2D eigenvalue weighted by atomic mass is 9.93. The maximum Gasteiger partial charge on any atom is 0.133 e. The summed E-state index contributed by atoms with van der Waals surface area (Å²) in [7, 11) is 0. The monoisotopic (exact) mass is 297 g/mol. The second kappa shape index (κ2) is 4.92. The molecular formula is C13H20BrN3. The summed E-state index contributed by atoms with van der Waals surface area (Å²) in [6.45, 7) is 8.97. The molecule has 0 atom stereocenters. The average molecular weight is 298 g/mol. The van der Waals surface area contributed by atoms with E-state index in [1.165, 1.54) is 6.42 Å². The Hall–Kier alpha value is -0.640. The predicted octanol–water partition coefficient (Wildman–Crippen LogP) is 3.43. The first-order chi connectivity index (χ1) is 8.00. The minimum Gasteiger partial charge on any atom is -0.356 e. The SMILES string of the molecule is CCCc1nc(Br)cc(N2CCC(C)(C)C2)n1. The van der Waals surface area contributed by atoms with E-state index in [1.807, 2.05) is 6.07 Å². The smallest absolute Gasteiger partial charge is 0.133 e. The Morgan fingerprint density at radius 3 is 2.76 bits per heavy atom. The second-order valence-electron chi connectivity index (χ2n) is 5.55. The van der Waals surface area contributed by atoms with E-state index in [9.17, 15) is 0 Å². The molecule has 0 saturated carbocycles. The molecule has 1 saturated heterocycles. The number of anilines is 1. The Balaban J connectivity index is 2.21. The van der Waals surface area contributed by atoms with Gasteiger partial charge in [-0.05, 0) is 34.2 Å². The van der Waals surface area contributed by atoms with E-state index in [1.54, 1.807) is 0 Å². The van der Waals surface area contributed by atoms with Crippen LogP contribution in [0.15, 0.2) is 10.7 Å². The summed E-state index contributed by atoms with van der Waals surface area (Å²) in [5.74, 6) is 2.02. The van der Waals surface area contributed by atoms with Crippen LogP contribution in [0.5, 0.6) is 0 Å². The highest BCUT2D eigenvalue weighted by Gasteiger charge is 2.30. The van der Waals surface area contributed by atoms with Crippen LogP contribution in [0.1, 0.15) is 39.4 Å². The molecule has 0 aliphatic carbocycles. The highest BCUT2D eigenvalue weighted by molar-refractivity contribution is 9.10. The van der Waals surface area contributed by atoms with Crippen molar-refractivity contribution in [3.05, 3.63) is 16.5 Å². The molecule has 1 aliphatic rings. The first-order valence-corrected chi connectivity index (χ1v) is 7.08. The van der Waals surface area contributed by atoms with Crippen molar-refractivity contribution >= 4 is 21.7 Å². The van der Waals surface area contributed by atoms with Crippen LogP contribution in [0.25, 0.3) is 0 Å². The van der Waals surface area contributed by atoms with Gasteiger partial charge in [-0.3, -0.25) is 0 Å². The summed E-state index contributed by atoms with van der Waals surface area (Å²) in [4.78, 5) is 11.4. The number of aromatic nitrogens is 2. The van der Waals surface area contributed by atoms with Gasteiger partial charge in [-0.15, -0.1) is 0 Å². The van der Waals surface area contributed by atoms with Gasteiger partial charge in [0.05, 0.1) is 0 Å². The van der Waals surface area contributed by atoms with Crippen molar-refractivity contribution in [1.29, 1.82) is 0 Å². The van der Waals surface area contributed by atoms with Crippen LogP contribution in [0.3, 0.4) is 0 Å². The molecule has 3 nitrogen and oxygen atoms in total. The molecule has 2 rings (SSSR count). The largest absolute Gasteiger partial charge is 0.356 e. The Labute approximate surface area is 112 Å². The molecule has 0 unspecified atom stereocenters.